The average Bonchev–Trinajstić information content (AvgIpc) is 2.71. The number of benzene rings is 2. The Hall–Kier alpha value is -2.89. The number of hydrogen-bond donors (Lipinski definition) is 1. The predicted octanol–water partition coefficient (Wildman–Crippen LogP) is 3.54. The summed E-state index contributed by atoms with van der Waals surface area (Å²) in [5.41, 5.74) is 0.382. The summed E-state index contributed by atoms with van der Waals surface area (Å²) < 4.78 is 19.7. The van der Waals surface area contributed by atoms with Gasteiger partial charge in [-0.2, -0.15) is 0 Å². The van der Waals surface area contributed by atoms with Crippen molar-refractivity contribution >= 4 is 11.8 Å². The van der Waals surface area contributed by atoms with Gasteiger partial charge >= 0.3 is 0 Å². The predicted molar refractivity (Wildman–Crippen MR) is 106 cm³/mol. The average molecular weight is 386 g/mol. The molecule has 1 atom stereocenters. The molecule has 0 aliphatic heterocycles. The van der Waals surface area contributed by atoms with Gasteiger partial charge < -0.3 is 15.0 Å². The van der Waals surface area contributed by atoms with Gasteiger partial charge in [0.1, 0.15) is 17.6 Å². The van der Waals surface area contributed by atoms with Gasteiger partial charge in [-0.25, -0.2) is 4.39 Å². The van der Waals surface area contributed by atoms with Crippen molar-refractivity contribution in [2.24, 2.45) is 0 Å². The first kappa shape index (κ1) is 21.4. The molecular weight excluding hydrogens is 359 g/mol. The third kappa shape index (κ3) is 6.37. The number of carbonyl (C=O) groups is 2. The van der Waals surface area contributed by atoms with E-state index in [0.29, 0.717) is 25.1 Å². The molecule has 0 aliphatic carbocycles. The number of likely N-dealkylation sites (N-methyl/N-ethyl adjacent to an activating group) is 1. The number of ether oxygens (including phenoxy) is 1. The molecule has 0 heterocycles. The fourth-order valence-corrected chi connectivity index (χ4v) is 2.79. The van der Waals surface area contributed by atoms with E-state index in [9.17, 15) is 14.0 Å². The van der Waals surface area contributed by atoms with E-state index in [0.717, 1.165) is 5.75 Å². The quantitative estimate of drug-likeness (QED) is 0.636. The Balaban J connectivity index is 1.99. The van der Waals surface area contributed by atoms with Crippen molar-refractivity contribution in [3.05, 3.63) is 66.0 Å². The zero-order valence-electron chi connectivity index (χ0n) is 16.4. The number of carbonyl (C=O) groups excluding carboxylic acids is 2. The first-order valence-electron chi connectivity index (χ1n) is 9.51. The number of hydrogen-bond acceptors (Lipinski definition) is 3. The summed E-state index contributed by atoms with van der Waals surface area (Å²) in [7, 11) is 0. The Kier molecular flexibility index (Phi) is 8.46. The minimum absolute atomic E-state index is 0.0450. The Labute approximate surface area is 165 Å². The summed E-state index contributed by atoms with van der Waals surface area (Å²) in [6, 6.07) is 15.0. The van der Waals surface area contributed by atoms with E-state index >= 15 is 0 Å². The molecule has 0 saturated heterocycles. The van der Waals surface area contributed by atoms with Crippen LogP contribution >= 0.6 is 0 Å². The number of rotatable bonds is 10. The zero-order valence-corrected chi connectivity index (χ0v) is 16.4. The van der Waals surface area contributed by atoms with Crippen LogP contribution in [0.5, 0.6) is 5.75 Å². The Morgan fingerprint density at radius 1 is 1.11 bits per heavy atom. The Morgan fingerprint density at radius 3 is 2.46 bits per heavy atom. The largest absolute Gasteiger partial charge is 0.494 e. The highest BCUT2D eigenvalue weighted by atomic mass is 19.1. The van der Waals surface area contributed by atoms with Crippen molar-refractivity contribution < 1.29 is 18.7 Å². The first-order chi connectivity index (χ1) is 13.5. The van der Waals surface area contributed by atoms with Crippen molar-refractivity contribution in [1.29, 1.82) is 0 Å². The van der Waals surface area contributed by atoms with Crippen LogP contribution in [0.4, 0.5) is 4.39 Å². The highest BCUT2D eigenvalue weighted by molar-refractivity contribution is 5.87. The molecule has 0 spiro atoms. The van der Waals surface area contributed by atoms with Crippen LogP contribution in [0.25, 0.3) is 0 Å². The van der Waals surface area contributed by atoms with Gasteiger partial charge in [0, 0.05) is 25.1 Å². The lowest BCUT2D eigenvalue weighted by molar-refractivity contribution is -0.140. The molecule has 28 heavy (non-hydrogen) atoms. The number of amides is 2. The summed E-state index contributed by atoms with van der Waals surface area (Å²) >= 11 is 0. The molecule has 6 heteroatoms. The SMILES string of the molecule is CCNC(=O)C(C)N(Cc1ccccc1F)C(=O)CCCOc1ccccc1. The Bertz CT molecular complexity index is 767. The van der Waals surface area contributed by atoms with Crippen LogP contribution in [-0.4, -0.2) is 35.9 Å². The lowest BCUT2D eigenvalue weighted by Crippen LogP contribution is -2.47. The van der Waals surface area contributed by atoms with Crippen LogP contribution in [0.15, 0.2) is 54.6 Å². The number of halogens is 1. The second-order valence-electron chi connectivity index (χ2n) is 6.45. The van der Waals surface area contributed by atoms with Crippen molar-refractivity contribution in [3.63, 3.8) is 0 Å². The van der Waals surface area contributed by atoms with E-state index < -0.39 is 11.9 Å². The van der Waals surface area contributed by atoms with Crippen LogP contribution in [0.3, 0.4) is 0 Å². The molecule has 0 saturated carbocycles. The summed E-state index contributed by atoms with van der Waals surface area (Å²) in [6.45, 7) is 4.37. The normalized spacial score (nSPS) is 11.5. The van der Waals surface area contributed by atoms with Gasteiger partial charge in [-0.3, -0.25) is 9.59 Å². The fraction of sp³-hybridized carbons (Fsp3) is 0.364. The third-order valence-corrected chi connectivity index (χ3v) is 4.36. The minimum Gasteiger partial charge on any atom is -0.494 e. The second kappa shape index (κ2) is 11.1. The van der Waals surface area contributed by atoms with Gasteiger partial charge in [0.05, 0.1) is 6.61 Å². The maximum absolute atomic E-state index is 14.1. The molecule has 2 amide bonds. The fourth-order valence-electron chi connectivity index (χ4n) is 2.79. The highest BCUT2D eigenvalue weighted by Crippen LogP contribution is 2.15. The van der Waals surface area contributed by atoms with Gasteiger partial charge in [0.25, 0.3) is 0 Å². The van der Waals surface area contributed by atoms with Gasteiger partial charge in [-0.05, 0) is 38.5 Å². The van der Waals surface area contributed by atoms with Crippen LogP contribution in [-0.2, 0) is 16.1 Å². The lowest BCUT2D eigenvalue weighted by atomic mass is 10.1. The van der Waals surface area contributed by atoms with Crippen molar-refractivity contribution in [2.75, 3.05) is 13.2 Å². The maximum Gasteiger partial charge on any atom is 0.242 e. The molecule has 150 valence electrons. The van der Waals surface area contributed by atoms with Crippen molar-refractivity contribution in [3.8, 4) is 5.75 Å². The third-order valence-electron chi connectivity index (χ3n) is 4.36. The molecule has 0 radical (unpaired) electrons. The van der Waals surface area contributed by atoms with Crippen molar-refractivity contribution in [2.45, 2.75) is 39.3 Å². The Morgan fingerprint density at radius 2 is 1.79 bits per heavy atom. The van der Waals surface area contributed by atoms with Crippen molar-refractivity contribution in [1.82, 2.24) is 10.2 Å². The van der Waals surface area contributed by atoms with Gasteiger partial charge in [0.2, 0.25) is 11.8 Å². The summed E-state index contributed by atoms with van der Waals surface area (Å²) in [4.78, 5) is 26.5. The maximum atomic E-state index is 14.1. The van der Waals surface area contributed by atoms with E-state index in [-0.39, 0.29) is 24.8 Å². The zero-order chi connectivity index (χ0) is 20.4. The number of para-hydroxylation sites is 1. The molecule has 1 unspecified atom stereocenters. The molecule has 2 rings (SSSR count). The van der Waals surface area contributed by atoms with E-state index in [1.807, 2.05) is 37.3 Å². The topological polar surface area (TPSA) is 58.6 Å². The molecule has 0 fully saturated rings. The molecule has 0 aliphatic rings. The highest BCUT2D eigenvalue weighted by Gasteiger charge is 2.26. The number of nitrogens with zero attached hydrogens (tertiary/aromatic N) is 1. The van der Waals surface area contributed by atoms with Gasteiger partial charge in [-0.1, -0.05) is 36.4 Å². The monoisotopic (exact) mass is 386 g/mol. The van der Waals surface area contributed by atoms with Crippen LogP contribution in [0.1, 0.15) is 32.3 Å². The molecule has 2 aromatic rings. The molecule has 1 N–H and O–H groups in total. The molecule has 0 bridgehead atoms. The molecule has 2 aromatic carbocycles. The van der Waals surface area contributed by atoms with Gasteiger partial charge in [0.15, 0.2) is 0 Å². The van der Waals surface area contributed by atoms with E-state index in [1.54, 1.807) is 25.1 Å². The molecule has 0 aromatic heterocycles. The van der Waals surface area contributed by atoms with Crippen LogP contribution in [0.2, 0.25) is 0 Å². The smallest absolute Gasteiger partial charge is 0.242 e. The van der Waals surface area contributed by atoms with Gasteiger partial charge in [-0.15, -0.1) is 0 Å². The lowest BCUT2D eigenvalue weighted by Gasteiger charge is -2.29. The molecule has 5 nitrogen and oxygen atoms in total. The first-order valence-corrected chi connectivity index (χ1v) is 9.51. The van der Waals surface area contributed by atoms with E-state index in [2.05, 4.69) is 5.32 Å². The van der Waals surface area contributed by atoms with E-state index in [4.69, 9.17) is 4.74 Å². The molecular formula is C22H27FN2O3. The standard InChI is InChI=1S/C22H27FN2O3/c1-3-24-22(27)17(2)25(16-18-10-7-8-13-20(18)23)21(26)14-9-15-28-19-11-5-4-6-12-19/h4-8,10-13,17H,3,9,14-16H2,1-2H3,(H,24,27). The number of nitrogens with one attached hydrogen (secondary N) is 1. The van der Waals surface area contributed by atoms with E-state index in [1.165, 1.54) is 11.0 Å². The summed E-state index contributed by atoms with van der Waals surface area (Å²) in [6.07, 6.45) is 0.717. The summed E-state index contributed by atoms with van der Waals surface area (Å²) in [5, 5.41) is 2.72. The minimum atomic E-state index is -0.693. The van der Waals surface area contributed by atoms with Crippen LogP contribution < -0.4 is 10.1 Å². The van der Waals surface area contributed by atoms with Crippen LogP contribution in [0, 0.1) is 5.82 Å². The summed E-state index contributed by atoms with van der Waals surface area (Å²) in [5.74, 6) is -0.115. The second-order valence-corrected chi connectivity index (χ2v) is 6.45.